The van der Waals surface area contributed by atoms with Crippen molar-refractivity contribution < 1.29 is 38.2 Å². The zero-order valence-electron chi connectivity index (χ0n) is 31.9. The largest absolute Gasteiger partial charge is 0.477 e. The van der Waals surface area contributed by atoms with Gasteiger partial charge in [0.1, 0.15) is 6.61 Å². The minimum Gasteiger partial charge on any atom is -0.477 e. The molecule has 0 amide bonds. The third-order valence-corrected chi connectivity index (χ3v) is 8.34. The number of rotatable bonds is 33. The summed E-state index contributed by atoms with van der Waals surface area (Å²) in [4.78, 5) is 36.7. The van der Waals surface area contributed by atoms with E-state index < -0.39 is 18.1 Å². The Morgan fingerprint density at radius 2 is 1.14 bits per heavy atom. The SMILES string of the molecule is CC/C=C/C=C/C=C/C=C/CCCCCCCC(=O)OCC(COCCC(C(=O)O)[N+](C)(C)C)OC(=O)CCCCCCCCCCCC. The monoisotopic (exact) mass is 691 g/mol. The van der Waals surface area contributed by atoms with Crippen LogP contribution in [0, 0.1) is 0 Å². The van der Waals surface area contributed by atoms with Crippen LogP contribution in [0.15, 0.2) is 48.6 Å². The highest BCUT2D eigenvalue weighted by Crippen LogP contribution is 2.13. The smallest absolute Gasteiger partial charge is 0.362 e. The Labute approximate surface area is 299 Å². The number of carboxylic acids is 1. The molecule has 8 heteroatoms. The maximum Gasteiger partial charge on any atom is 0.362 e. The Morgan fingerprint density at radius 3 is 1.69 bits per heavy atom. The van der Waals surface area contributed by atoms with Crippen LogP contribution in [-0.2, 0) is 28.6 Å². The fourth-order valence-electron chi connectivity index (χ4n) is 5.34. The van der Waals surface area contributed by atoms with Gasteiger partial charge in [-0.15, -0.1) is 0 Å². The van der Waals surface area contributed by atoms with Gasteiger partial charge < -0.3 is 23.8 Å². The van der Waals surface area contributed by atoms with Gasteiger partial charge in [-0.1, -0.05) is 140 Å². The average molecular weight is 691 g/mol. The molecule has 0 rings (SSSR count). The van der Waals surface area contributed by atoms with Gasteiger partial charge >= 0.3 is 17.9 Å². The minimum absolute atomic E-state index is 0.0533. The van der Waals surface area contributed by atoms with E-state index in [1.807, 2.05) is 51.5 Å². The number of nitrogens with zero attached hydrogens (tertiary/aromatic N) is 1. The number of ether oxygens (including phenoxy) is 3. The van der Waals surface area contributed by atoms with Gasteiger partial charge in [0.25, 0.3) is 0 Å². The molecule has 1 N–H and O–H groups in total. The second-order valence-electron chi connectivity index (χ2n) is 13.9. The Bertz CT molecular complexity index is 948. The van der Waals surface area contributed by atoms with Gasteiger partial charge in [-0.25, -0.2) is 4.79 Å². The van der Waals surface area contributed by atoms with Crippen molar-refractivity contribution in [2.24, 2.45) is 0 Å². The third kappa shape index (κ3) is 31.0. The summed E-state index contributed by atoms with van der Waals surface area (Å²) >= 11 is 0. The maximum atomic E-state index is 12.6. The zero-order chi connectivity index (χ0) is 36.4. The van der Waals surface area contributed by atoms with Crippen LogP contribution >= 0.6 is 0 Å². The minimum atomic E-state index is -0.881. The summed E-state index contributed by atoms with van der Waals surface area (Å²) < 4.78 is 17.2. The van der Waals surface area contributed by atoms with Gasteiger partial charge in [0.2, 0.25) is 0 Å². The summed E-state index contributed by atoms with van der Waals surface area (Å²) in [6.45, 7) is 4.54. The molecule has 0 aliphatic heterocycles. The fraction of sp³-hybridized carbons (Fsp3) is 0.732. The van der Waals surface area contributed by atoms with Crippen molar-refractivity contribution in [2.75, 3.05) is 41.0 Å². The molecule has 2 unspecified atom stereocenters. The van der Waals surface area contributed by atoms with Gasteiger partial charge in [0.05, 0.1) is 34.4 Å². The quantitative estimate of drug-likeness (QED) is 0.0317. The molecule has 0 bridgehead atoms. The van der Waals surface area contributed by atoms with Crippen LogP contribution in [0.4, 0.5) is 0 Å². The highest BCUT2D eigenvalue weighted by molar-refractivity contribution is 5.72. The number of hydrogen-bond donors (Lipinski definition) is 1. The lowest BCUT2D eigenvalue weighted by Gasteiger charge is -2.31. The molecule has 0 spiro atoms. The summed E-state index contributed by atoms with van der Waals surface area (Å²) in [7, 11) is 5.50. The number of likely N-dealkylation sites (N-methyl/N-ethyl adjacent to an activating group) is 1. The van der Waals surface area contributed by atoms with Crippen molar-refractivity contribution in [3.63, 3.8) is 0 Å². The number of aliphatic carboxylic acids is 1. The lowest BCUT2D eigenvalue weighted by Crippen LogP contribution is -2.50. The number of hydrogen-bond acceptors (Lipinski definition) is 6. The van der Waals surface area contributed by atoms with E-state index in [-0.39, 0.29) is 36.2 Å². The standard InChI is InChI=1S/C41H71NO7/c1-6-8-10-12-14-16-18-19-20-21-22-24-25-27-29-31-39(43)48-36-37(35-47-34-33-38(41(45)46)42(3,4)5)49-40(44)32-30-28-26-23-17-15-13-11-9-7-2/h8,10,12,14,16,18-20,37-38H,6-7,9,11,13,15,17,21-36H2,1-5H3/p+1/b10-8+,14-12+,18-16+,20-19+. The number of carbonyl (C=O) groups is 3. The predicted octanol–water partition coefficient (Wildman–Crippen LogP) is 9.68. The molecule has 0 aliphatic carbocycles. The summed E-state index contributed by atoms with van der Waals surface area (Å²) in [5.74, 6) is -1.50. The van der Waals surface area contributed by atoms with Crippen LogP contribution in [-0.4, -0.2) is 80.6 Å². The summed E-state index contributed by atoms with van der Waals surface area (Å²) in [6.07, 6.45) is 35.8. The van der Waals surface area contributed by atoms with Crippen LogP contribution < -0.4 is 0 Å². The highest BCUT2D eigenvalue weighted by Gasteiger charge is 2.31. The molecule has 282 valence electrons. The van der Waals surface area contributed by atoms with E-state index in [2.05, 4.69) is 32.1 Å². The first kappa shape index (κ1) is 46.3. The first-order valence-corrected chi connectivity index (χ1v) is 19.2. The molecule has 2 atom stereocenters. The molecule has 0 aromatic rings. The van der Waals surface area contributed by atoms with E-state index in [1.54, 1.807) is 0 Å². The summed E-state index contributed by atoms with van der Waals surface area (Å²) in [5, 5.41) is 9.57. The topological polar surface area (TPSA) is 99.1 Å². The van der Waals surface area contributed by atoms with Gasteiger partial charge in [0, 0.05) is 19.3 Å². The molecule has 0 aromatic carbocycles. The lowest BCUT2D eigenvalue weighted by atomic mass is 10.1. The van der Waals surface area contributed by atoms with E-state index in [0.717, 1.165) is 64.2 Å². The van der Waals surface area contributed by atoms with E-state index in [1.165, 1.54) is 44.9 Å². The molecule has 8 nitrogen and oxygen atoms in total. The number of carbonyl (C=O) groups excluding carboxylic acids is 2. The second-order valence-corrected chi connectivity index (χ2v) is 13.9. The van der Waals surface area contributed by atoms with Crippen molar-refractivity contribution in [2.45, 2.75) is 154 Å². The van der Waals surface area contributed by atoms with Gasteiger partial charge in [-0.05, 0) is 32.1 Å². The predicted molar refractivity (Wildman–Crippen MR) is 201 cm³/mol. The molecule has 0 saturated carbocycles. The van der Waals surface area contributed by atoms with Crippen LogP contribution in [0.1, 0.15) is 142 Å². The molecule has 0 radical (unpaired) electrons. The number of carboxylic acid groups (broad SMARTS) is 1. The van der Waals surface area contributed by atoms with E-state index in [4.69, 9.17) is 14.2 Å². The van der Waals surface area contributed by atoms with E-state index in [0.29, 0.717) is 19.3 Å². The van der Waals surface area contributed by atoms with Crippen molar-refractivity contribution in [3.8, 4) is 0 Å². The molecule has 0 aliphatic rings. The molecule has 0 fully saturated rings. The molecular weight excluding hydrogens is 618 g/mol. The normalized spacial score (nSPS) is 13.6. The van der Waals surface area contributed by atoms with Crippen LogP contribution in [0.3, 0.4) is 0 Å². The van der Waals surface area contributed by atoms with E-state index >= 15 is 0 Å². The lowest BCUT2D eigenvalue weighted by molar-refractivity contribution is -0.887. The maximum absolute atomic E-state index is 12.6. The Morgan fingerprint density at radius 1 is 0.633 bits per heavy atom. The van der Waals surface area contributed by atoms with Crippen molar-refractivity contribution in [1.82, 2.24) is 0 Å². The Kier molecular flexibility index (Phi) is 30.7. The highest BCUT2D eigenvalue weighted by atomic mass is 16.6. The van der Waals surface area contributed by atoms with Crippen molar-refractivity contribution in [1.29, 1.82) is 0 Å². The molecule has 0 aromatic heterocycles. The summed E-state index contributed by atoms with van der Waals surface area (Å²) in [6, 6.07) is -0.616. The van der Waals surface area contributed by atoms with E-state index in [9.17, 15) is 19.5 Å². The molecule has 49 heavy (non-hydrogen) atoms. The van der Waals surface area contributed by atoms with Gasteiger partial charge in [0.15, 0.2) is 12.1 Å². The second kappa shape index (κ2) is 32.5. The first-order chi connectivity index (χ1) is 23.6. The fourth-order valence-corrected chi connectivity index (χ4v) is 5.34. The Hall–Kier alpha value is -2.71. The summed E-state index contributed by atoms with van der Waals surface area (Å²) in [5.41, 5.74) is 0. The van der Waals surface area contributed by atoms with Crippen LogP contribution in [0.2, 0.25) is 0 Å². The first-order valence-electron chi connectivity index (χ1n) is 19.2. The number of esters is 2. The molecule has 0 heterocycles. The third-order valence-electron chi connectivity index (χ3n) is 8.34. The van der Waals surface area contributed by atoms with Gasteiger partial charge in [-0.3, -0.25) is 9.59 Å². The van der Waals surface area contributed by atoms with Crippen LogP contribution in [0.5, 0.6) is 0 Å². The van der Waals surface area contributed by atoms with Crippen LogP contribution in [0.25, 0.3) is 0 Å². The zero-order valence-corrected chi connectivity index (χ0v) is 31.9. The molecular formula is C41H72NO7+. The van der Waals surface area contributed by atoms with Crippen molar-refractivity contribution in [3.05, 3.63) is 48.6 Å². The Balaban J connectivity index is 4.45. The van der Waals surface area contributed by atoms with Gasteiger partial charge in [-0.2, -0.15) is 0 Å². The number of allylic oxidation sites excluding steroid dienone is 8. The molecule has 0 saturated heterocycles. The van der Waals surface area contributed by atoms with Crippen molar-refractivity contribution >= 4 is 17.9 Å². The number of unbranched alkanes of at least 4 members (excludes halogenated alkanes) is 14. The average Bonchev–Trinajstić information content (AvgIpc) is 3.05. The number of quaternary nitrogens is 1.